The van der Waals surface area contributed by atoms with Crippen LogP contribution in [0.25, 0.3) is 0 Å². The van der Waals surface area contributed by atoms with Crippen LogP contribution < -0.4 is 5.32 Å². The Balaban J connectivity index is 3.22. The predicted molar refractivity (Wildman–Crippen MR) is 65.3 cm³/mol. The second kappa shape index (κ2) is 5.44. The van der Waals surface area contributed by atoms with E-state index in [1.54, 1.807) is 26.1 Å². The van der Waals surface area contributed by atoms with Crippen LogP contribution in [0.4, 0.5) is 5.69 Å². The lowest BCUT2D eigenvalue weighted by Gasteiger charge is -2.22. The van der Waals surface area contributed by atoms with Gasteiger partial charge in [0.1, 0.15) is 0 Å². The van der Waals surface area contributed by atoms with Crippen LogP contribution >= 0.6 is 0 Å². The summed E-state index contributed by atoms with van der Waals surface area (Å²) in [6.45, 7) is 1.39. The summed E-state index contributed by atoms with van der Waals surface area (Å²) in [6.07, 6.45) is 1.42. The van der Waals surface area contributed by atoms with Crippen molar-refractivity contribution in [3.8, 4) is 0 Å². The van der Waals surface area contributed by atoms with Crippen LogP contribution in [-0.4, -0.2) is 49.6 Å². The number of hydrogen-bond acceptors (Lipinski definition) is 5. The van der Waals surface area contributed by atoms with Crippen LogP contribution in [0.3, 0.4) is 0 Å². The molecule has 0 aliphatic carbocycles. The molecule has 0 saturated carbocycles. The number of aromatic nitrogens is 1. The lowest BCUT2D eigenvalue weighted by molar-refractivity contribution is 0.213. The summed E-state index contributed by atoms with van der Waals surface area (Å²) in [5.74, 6) is 0. The molecule has 2 N–H and O–H groups in total. The first-order chi connectivity index (χ1) is 7.95. The molecule has 1 aromatic heterocycles. The molecule has 0 bridgehead atoms. The van der Waals surface area contributed by atoms with E-state index in [4.69, 9.17) is 5.11 Å². The first kappa shape index (κ1) is 13.9. The van der Waals surface area contributed by atoms with Crippen molar-refractivity contribution < 1.29 is 13.5 Å². The summed E-state index contributed by atoms with van der Waals surface area (Å²) in [5, 5.41) is 11.7. The molecule has 96 valence electrons. The highest BCUT2D eigenvalue weighted by Crippen LogP contribution is 2.21. The zero-order valence-electron chi connectivity index (χ0n) is 10.1. The van der Waals surface area contributed by atoms with E-state index < -0.39 is 16.1 Å². The van der Waals surface area contributed by atoms with Gasteiger partial charge in [-0.05, 0) is 19.1 Å². The molecule has 0 aliphatic heterocycles. The molecule has 0 radical (unpaired) electrons. The lowest BCUT2D eigenvalue weighted by Crippen LogP contribution is -2.37. The van der Waals surface area contributed by atoms with E-state index in [0.29, 0.717) is 5.69 Å². The van der Waals surface area contributed by atoms with Gasteiger partial charge in [0.15, 0.2) is 5.03 Å². The van der Waals surface area contributed by atoms with Crippen LogP contribution in [0.5, 0.6) is 0 Å². The lowest BCUT2D eigenvalue weighted by atomic mass is 10.4. The minimum atomic E-state index is -3.69. The van der Waals surface area contributed by atoms with Crippen LogP contribution in [-0.2, 0) is 10.0 Å². The SMILES string of the molecule is CNc1cccnc1S(=O)(=O)N(C)C(C)CO. The maximum atomic E-state index is 12.2. The second-order valence-electron chi connectivity index (χ2n) is 3.66. The summed E-state index contributed by atoms with van der Waals surface area (Å²) in [6, 6.07) is 2.80. The minimum Gasteiger partial charge on any atom is -0.395 e. The normalized spacial score (nSPS) is 13.7. The van der Waals surface area contributed by atoms with Crippen LogP contribution in [0, 0.1) is 0 Å². The van der Waals surface area contributed by atoms with Crippen LogP contribution in [0.1, 0.15) is 6.92 Å². The quantitative estimate of drug-likeness (QED) is 0.785. The van der Waals surface area contributed by atoms with Crippen molar-refractivity contribution in [3.05, 3.63) is 18.3 Å². The van der Waals surface area contributed by atoms with E-state index in [1.807, 2.05) is 0 Å². The minimum absolute atomic E-state index is 0.0368. The molecule has 0 saturated heterocycles. The number of aliphatic hydroxyl groups is 1. The van der Waals surface area contributed by atoms with E-state index in [9.17, 15) is 8.42 Å². The fourth-order valence-electron chi connectivity index (χ4n) is 1.27. The van der Waals surface area contributed by atoms with Crippen molar-refractivity contribution >= 4 is 15.7 Å². The third-order valence-electron chi connectivity index (χ3n) is 2.55. The zero-order valence-corrected chi connectivity index (χ0v) is 10.9. The van der Waals surface area contributed by atoms with Crippen molar-refractivity contribution in [2.24, 2.45) is 0 Å². The van der Waals surface area contributed by atoms with Gasteiger partial charge in [0.05, 0.1) is 12.3 Å². The number of sulfonamides is 1. The second-order valence-corrected chi connectivity index (χ2v) is 5.57. The molecule has 7 heteroatoms. The van der Waals surface area contributed by atoms with Gasteiger partial charge in [-0.15, -0.1) is 0 Å². The standard InChI is InChI=1S/C10H17N3O3S/c1-8(7-14)13(3)17(15,16)10-9(11-2)5-4-6-12-10/h4-6,8,11,14H,7H2,1-3H3. The zero-order chi connectivity index (χ0) is 13.1. The predicted octanol–water partition coefficient (Wildman–Crippen LogP) is 0.125. The Kier molecular flexibility index (Phi) is 4.44. The molecule has 6 nitrogen and oxygen atoms in total. The average Bonchev–Trinajstić information content (AvgIpc) is 2.36. The molecule has 0 aromatic carbocycles. The third kappa shape index (κ3) is 2.74. The maximum absolute atomic E-state index is 12.2. The molecular weight excluding hydrogens is 242 g/mol. The summed E-state index contributed by atoms with van der Waals surface area (Å²) in [7, 11) is -0.642. The van der Waals surface area contributed by atoms with Gasteiger partial charge in [0, 0.05) is 26.3 Å². The molecule has 0 amide bonds. The van der Waals surface area contributed by atoms with E-state index in [2.05, 4.69) is 10.3 Å². The number of anilines is 1. The number of nitrogens with zero attached hydrogens (tertiary/aromatic N) is 2. The summed E-state index contributed by atoms with van der Waals surface area (Å²) >= 11 is 0. The Morgan fingerprint density at radius 3 is 2.76 bits per heavy atom. The molecule has 1 unspecified atom stereocenters. The first-order valence-electron chi connectivity index (χ1n) is 5.16. The van der Waals surface area contributed by atoms with Gasteiger partial charge in [0.25, 0.3) is 10.0 Å². The number of likely N-dealkylation sites (N-methyl/N-ethyl adjacent to an activating group) is 1. The highest BCUT2D eigenvalue weighted by Gasteiger charge is 2.28. The monoisotopic (exact) mass is 259 g/mol. The summed E-state index contributed by atoms with van der Waals surface area (Å²) in [4.78, 5) is 3.89. The van der Waals surface area contributed by atoms with Gasteiger partial charge < -0.3 is 10.4 Å². The van der Waals surface area contributed by atoms with Gasteiger partial charge in [-0.3, -0.25) is 0 Å². The molecule has 0 fully saturated rings. The Bertz CT molecular complexity index is 475. The molecule has 1 rings (SSSR count). The Morgan fingerprint density at radius 2 is 2.24 bits per heavy atom. The fourth-order valence-corrected chi connectivity index (χ4v) is 2.73. The van der Waals surface area contributed by atoms with Gasteiger partial charge in [-0.1, -0.05) is 0 Å². The number of aliphatic hydroxyl groups excluding tert-OH is 1. The Morgan fingerprint density at radius 1 is 1.59 bits per heavy atom. The van der Waals surface area contributed by atoms with Crippen molar-refractivity contribution in [2.75, 3.05) is 26.0 Å². The van der Waals surface area contributed by atoms with Crippen LogP contribution in [0.15, 0.2) is 23.4 Å². The highest BCUT2D eigenvalue weighted by molar-refractivity contribution is 7.89. The molecular formula is C10H17N3O3S. The molecule has 0 spiro atoms. The largest absolute Gasteiger partial charge is 0.395 e. The van der Waals surface area contributed by atoms with Crippen molar-refractivity contribution in [3.63, 3.8) is 0 Å². The highest BCUT2D eigenvalue weighted by atomic mass is 32.2. The maximum Gasteiger partial charge on any atom is 0.262 e. The Hall–Kier alpha value is -1.18. The molecule has 1 heterocycles. The van der Waals surface area contributed by atoms with Gasteiger partial charge in [0.2, 0.25) is 0 Å². The van der Waals surface area contributed by atoms with Crippen molar-refractivity contribution in [1.82, 2.24) is 9.29 Å². The number of hydrogen-bond donors (Lipinski definition) is 2. The number of nitrogens with one attached hydrogen (secondary N) is 1. The van der Waals surface area contributed by atoms with Gasteiger partial charge in [-0.2, -0.15) is 4.31 Å². The topological polar surface area (TPSA) is 82.5 Å². The Labute approximate surface area is 101 Å². The smallest absolute Gasteiger partial charge is 0.262 e. The van der Waals surface area contributed by atoms with E-state index in [1.165, 1.54) is 13.2 Å². The average molecular weight is 259 g/mol. The summed E-state index contributed by atoms with van der Waals surface area (Å²) < 4.78 is 25.6. The van der Waals surface area contributed by atoms with E-state index in [-0.39, 0.29) is 11.6 Å². The number of pyridine rings is 1. The molecule has 0 aliphatic rings. The van der Waals surface area contributed by atoms with Gasteiger partial charge in [-0.25, -0.2) is 13.4 Å². The van der Waals surface area contributed by atoms with E-state index >= 15 is 0 Å². The summed E-state index contributed by atoms with van der Waals surface area (Å²) in [5.41, 5.74) is 0.435. The van der Waals surface area contributed by atoms with E-state index in [0.717, 1.165) is 4.31 Å². The van der Waals surface area contributed by atoms with Crippen molar-refractivity contribution in [2.45, 2.75) is 18.0 Å². The first-order valence-corrected chi connectivity index (χ1v) is 6.60. The molecule has 1 atom stereocenters. The third-order valence-corrected chi connectivity index (χ3v) is 4.48. The molecule has 1 aromatic rings. The van der Waals surface area contributed by atoms with Crippen molar-refractivity contribution in [1.29, 1.82) is 0 Å². The molecule has 17 heavy (non-hydrogen) atoms. The fraction of sp³-hybridized carbons (Fsp3) is 0.500. The number of rotatable bonds is 5. The van der Waals surface area contributed by atoms with Crippen LogP contribution in [0.2, 0.25) is 0 Å². The van der Waals surface area contributed by atoms with Gasteiger partial charge >= 0.3 is 0 Å².